The maximum absolute atomic E-state index is 12.4. The second-order valence-corrected chi connectivity index (χ2v) is 5.17. The molecular weight excluding hydrogens is 254 g/mol. The first-order valence-corrected chi connectivity index (χ1v) is 6.80. The zero-order valence-corrected chi connectivity index (χ0v) is 11.0. The summed E-state index contributed by atoms with van der Waals surface area (Å²) in [6.45, 7) is -0.212. The van der Waals surface area contributed by atoms with Crippen LogP contribution in [0.4, 0.5) is 5.69 Å². The molecule has 2 atom stereocenters. The van der Waals surface area contributed by atoms with E-state index in [-0.39, 0.29) is 30.3 Å². The van der Waals surface area contributed by atoms with Crippen LogP contribution in [0.5, 0.6) is 0 Å². The monoisotopic (exact) mass is 269 g/mol. The van der Waals surface area contributed by atoms with Crippen molar-refractivity contribution in [3.63, 3.8) is 0 Å². The van der Waals surface area contributed by atoms with Gasteiger partial charge in [-0.15, -0.1) is 0 Å². The smallest absolute Gasteiger partial charge is 0.237 e. The summed E-state index contributed by atoms with van der Waals surface area (Å²) in [6, 6.07) is 7.03. The molecule has 1 heterocycles. The lowest BCUT2D eigenvalue weighted by Crippen LogP contribution is -2.31. The van der Waals surface area contributed by atoms with Crippen molar-refractivity contribution >= 4 is 17.5 Å². The molecule has 1 saturated carbocycles. The van der Waals surface area contributed by atoms with Gasteiger partial charge in [0, 0.05) is 5.56 Å². The molecule has 3 rings (SSSR count). The van der Waals surface area contributed by atoms with Crippen molar-refractivity contribution in [2.24, 2.45) is 11.8 Å². The standard InChI is InChI=1S/C16H15NO3/c18-9-3-5-11-4-1-6-12(10-11)17-15(19)13-7-2-8-14(13)16(17)20/h1,4,6,10,13-14,18H,2,7-9H2. The summed E-state index contributed by atoms with van der Waals surface area (Å²) in [5.41, 5.74) is 1.27. The van der Waals surface area contributed by atoms with Gasteiger partial charge in [0.05, 0.1) is 17.5 Å². The number of carbonyl (C=O) groups is 2. The number of amides is 2. The minimum atomic E-state index is -0.212. The number of rotatable bonds is 1. The second kappa shape index (κ2) is 5.10. The number of hydrogen-bond donors (Lipinski definition) is 1. The zero-order chi connectivity index (χ0) is 14.1. The van der Waals surface area contributed by atoms with Crippen molar-refractivity contribution in [2.45, 2.75) is 19.3 Å². The van der Waals surface area contributed by atoms with Gasteiger partial charge in [-0.05, 0) is 31.0 Å². The first-order valence-electron chi connectivity index (χ1n) is 6.80. The summed E-state index contributed by atoms with van der Waals surface area (Å²) in [7, 11) is 0. The van der Waals surface area contributed by atoms with E-state index < -0.39 is 0 Å². The summed E-state index contributed by atoms with van der Waals surface area (Å²) in [4.78, 5) is 26.0. The van der Waals surface area contributed by atoms with E-state index in [0.717, 1.165) is 19.3 Å². The summed E-state index contributed by atoms with van der Waals surface area (Å²) in [6.07, 6.45) is 2.59. The third kappa shape index (κ3) is 2.00. The Kier molecular flexibility index (Phi) is 3.29. The Labute approximate surface area is 117 Å². The fraction of sp³-hybridized carbons (Fsp3) is 0.375. The van der Waals surface area contributed by atoms with Crippen molar-refractivity contribution in [1.29, 1.82) is 0 Å². The molecule has 1 aromatic rings. The first-order chi connectivity index (χ1) is 9.72. The van der Waals surface area contributed by atoms with Crippen LogP contribution in [0.15, 0.2) is 24.3 Å². The van der Waals surface area contributed by atoms with E-state index in [1.165, 1.54) is 4.90 Å². The van der Waals surface area contributed by atoms with Gasteiger partial charge in [-0.25, -0.2) is 0 Å². The van der Waals surface area contributed by atoms with Crippen molar-refractivity contribution < 1.29 is 14.7 Å². The maximum atomic E-state index is 12.4. The molecule has 2 unspecified atom stereocenters. The number of aliphatic hydroxyl groups excluding tert-OH is 1. The second-order valence-electron chi connectivity index (χ2n) is 5.17. The highest BCUT2D eigenvalue weighted by Crippen LogP contribution is 2.41. The summed E-state index contributed by atoms with van der Waals surface area (Å²) < 4.78 is 0. The van der Waals surface area contributed by atoms with E-state index in [1.807, 2.05) is 0 Å². The van der Waals surface area contributed by atoms with Gasteiger partial charge in [-0.3, -0.25) is 14.5 Å². The lowest BCUT2D eigenvalue weighted by molar-refractivity contribution is -0.122. The number of carbonyl (C=O) groups excluding carboxylic acids is 2. The van der Waals surface area contributed by atoms with E-state index in [9.17, 15) is 9.59 Å². The van der Waals surface area contributed by atoms with Crippen LogP contribution in [0.25, 0.3) is 0 Å². The number of benzene rings is 1. The summed E-state index contributed by atoms with van der Waals surface area (Å²) >= 11 is 0. The van der Waals surface area contributed by atoms with Crippen LogP contribution in [0.1, 0.15) is 24.8 Å². The van der Waals surface area contributed by atoms with Gasteiger partial charge < -0.3 is 5.11 Å². The number of nitrogens with zero attached hydrogens (tertiary/aromatic N) is 1. The number of aliphatic hydroxyl groups is 1. The van der Waals surface area contributed by atoms with Crippen LogP contribution in [0.3, 0.4) is 0 Å². The minimum Gasteiger partial charge on any atom is -0.384 e. The van der Waals surface area contributed by atoms with Gasteiger partial charge in [0.25, 0.3) is 0 Å². The Bertz CT molecular complexity index is 604. The number of hydrogen-bond acceptors (Lipinski definition) is 3. The molecule has 1 aliphatic carbocycles. The number of imide groups is 1. The van der Waals surface area contributed by atoms with Crippen LogP contribution in [-0.4, -0.2) is 23.5 Å². The SMILES string of the molecule is O=C1C2CCCC2C(=O)N1c1cccc(C#CCO)c1. The van der Waals surface area contributed by atoms with E-state index in [0.29, 0.717) is 11.3 Å². The Hall–Kier alpha value is -2.12. The van der Waals surface area contributed by atoms with Crippen LogP contribution in [0, 0.1) is 23.7 Å². The predicted octanol–water partition coefficient (Wildman–Crippen LogP) is 1.32. The zero-order valence-electron chi connectivity index (χ0n) is 11.0. The van der Waals surface area contributed by atoms with Gasteiger partial charge >= 0.3 is 0 Å². The summed E-state index contributed by atoms with van der Waals surface area (Å²) in [5.74, 6) is 4.93. The molecule has 1 aromatic carbocycles. The largest absolute Gasteiger partial charge is 0.384 e. The molecule has 20 heavy (non-hydrogen) atoms. The van der Waals surface area contributed by atoms with E-state index >= 15 is 0 Å². The molecule has 0 spiro atoms. The molecule has 2 amide bonds. The molecule has 1 N–H and O–H groups in total. The molecular formula is C16H15NO3. The van der Waals surface area contributed by atoms with Crippen molar-refractivity contribution in [3.05, 3.63) is 29.8 Å². The first kappa shape index (κ1) is 12.9. The molecule has 0 bridgehead atoms. The molecule has 2 fully saturated rings. The lowest BCUT2D eigenvalue weighted by atomic mass is 10.00. The molecule has 102 valence electrons. The summed E-state index contributed by atoms with van der Waals surface area (Å²) in [5, 5.41) is 8.71. The van der Waals surface area contributed by atoms with E-state index in [2.05, 4.69) is 11.8 Å². The van der Waals surface area contributed by atoms with E-state index in [1.54, 1.807) is 24.3 Å². The fourth-order valence-corrected chi connectivity index (χ4v) is 3.11. The quantitative estimate of drug-likeness (QED) is 0.618. The molecule has 0 aromatic heterocycles. The maximum Gasteiger partial charge on any atom is 0.237 e. The normalized spacial score (nSPS) is 24.6. The van der Waals surface area contributed by atoms with Crippen molar-refractivity contribution in [1.82, 2.24) is 0 Å². The van der Waals surface area contributed by atoms with Gasteiger partial charge in [0.15, 0.2) is 0 Å². The highest BCUT2D eigenvalue weighted by atomic mass is 16.2. The van der Waals surface area contributed by atoms with Gasteiger partial charge in [0.1, 0.15) is 6.61 Å². The van der Waals surface area contributed by atoms with Gasteiger partial charge in [-0.1, -0.05) is 24.3 Å². The lowest BCUT2D eigenvalue weighted by Gasteiger charge is -2.16. The van der Waals surface area contributed by atoms with Crippen LogP contribution in [0.2, 0.25) is 0 Å². The van der Waals surface area contributed by atoms with Crippen molar-refractivity contribution in [2.75, 3.05) is 11.5 Å². The highest BCUT2D eigenvalue weighted by Gasteiger charge is 2.50. The van der Waals surface area contributed by atoms with Crippen LogP contribution >= 0.6 is 0 Å². The van der Waals surface area contributed by atoms with Gasteiger partial charge in [0.2, 0.25) is 11.8 Å². The average molecular weight is 269 g/mol. The van der Waals surface area contributed by atoms with Crippen LogP contribution < -0.4 is 4.90 Å². The molecule has 0 radical (unpaired) electrons. The van der Waals surface area contributed by atoms with Crippen molar-refractivity contribution in [3.8, 4) is 11.8 Å². The molecule has 2 aliphatic rings. The third-order valence-corrected chi connectivity index (χ3v) is 4.01. The highest BCUT2D eigenvalue weighted by molar-refractivity contribution is 6.22. The molecule has 1 saturated heterocycles. The number of fused-ring (bicyclic) bond motifs is 1. The Morgan fingerprint density at radius 2 is 1.90 bits per heavy atom. The van der Waals surface area contributed by atoms with Gasteiger partial charge in [-0.2, -0.15) is 0 Å². The third-order valence-electron chi connectivity index (χ3n) is 4.01. The molecule has 4 nitrogen and oxygen atoms in total. The Morgan fingerprint density at radius 3 is 2.55 bits per heavy atom. The van der Waals surface area contributed by atoms with E-state index in [4.69, 9.17) is 5.11 Å². The Morgan fingerprint density at radius 1 is 1.20 bits per heavy atom. The topological polar surface area (TPSA) is 57.6 Å². The average Bonchev–Trinajstić information content (AvgIpc) is 3.02. The predicted molar refractivity (Wildman–Crippen MR) is 73.7 cm³/mol. The fourth-order valence-electron chi connectivity index (χ4n) is 3.11. The molecule has 1 aliphatic heterocycles. The number of anilines is 1. The molecule has 4 heteroatoms. The Balaban J connectivity index is 1.93. The van der Waals surface area contributed by atoms with Crippen LogP contribution in [-0.2, 0) is 9.59 Å². The minimum absolute atomic E-state index is 0.0789.